The summed E-state index contributed by atoms with van der Waals surface area (Å²) in [5, 5.41) is 0. The van der Waals surface area contributed by atoms with Crippen molar-refractivity contribution in [2.24, 2.45) is 0 Å². The summed E-state index contributed by atoms with van der Waals surface area (Å²) in [6.45, 7) is 6.24. The van der Waals surface area contributed by atoms with E-state index >= 15 is 0 Å². The predicted molar refractivity (Wildman–Crippen MR) is 142 cm³/mol. The summed E-state index contributed by atoms with van der Waals surface area (Å²) in [6, 6.07) is 27.5. The second-order valence-corrected chi connectivity index (χ2v) is 8.89. The number of benzene rings is 4. The number of hydrogen-bond donors (Lipinski definition) is 2. The molecule has 4 nitrogen and oxygen atoms in total. The Morgan fingerprint density at radius 2 is 1.03 bits per heavy atom. The standard InChI is InChI=1S/C30H32N2O2/c1-19-15-24(17-26(33-4)28(19)31)30(3,25-16-20(2)29(32)27(18-25)34-5)23-13-11-22(12-14-23)21-9-7-6-8-10-21/h6-18H,31-32H2,1-5H3. The van der Waals surface area contributed by atoms with Crippen LogP contribution >= 0.6 is 0 Å². The van der Waals surface area contributed by atoms with Crippen molar-refractivity contribution in [1.82, 2.24) is 0 Å². The molecule has 0 saturated carbocycles. The highest BCUT2D eigenvalue weighted by atomic mass is 16.5. The zero-order chi connectivity index (χ0) is 24.5. The van der Waals surface area contributed by atoms with Crippen LogP contribution in [-0.4, -0.2) is 14.2 Å². The molecule has 4 aromatic rings. The first-order chi connectivity index (χ1) is 16.3. The lowest BCUT2D eigenvalue weighted by Gasteiger charge is -2.34. The number of anilines is 2. The Bertz CT molecular complexity index is 1250. The minimum absolute atomic E-state index is 0.507. The number of aryl methyl sites for hydroxylation is 2. The van der Waals surface area contributed by atoms with Crippen molar-refractivity contribution < 1.29 is 9.47 Å². The van der Waals surface area contributed by atoms with Crippen molar-refractivity contribution in [2.45, 2.75) is 26.2 Å². The van der Waals surface area contributed by atoms with Gasteiger partial charge < -0.3 is 20.9 Å². The summed E-state index contributed by atoms with van der Waals surface area (Å²) in [5.41, 5.74) is 21.0. The topological polar surface area (TPSA) is 70.5 Å². The quantitative estimate of drug-likeness (QED) is 0.258. The largest absolute Gasteiger partial charge is 0.495 e. The van der Waals surface area contributed by atoms with Gasteiger partial charge in [0.25, 0.3) is 0 Å². The molecule has 0 aliphatic rings. The van der Waals surface area contributed by atoms with E-state index in [-0.39, 0.29) is 0 Å². The van der Waals surface area contributed by atoms with Gasteiger partial charge in [-0.25, -0.2) is 0 Å². The van der Waals surface area contributed by atoms with Crippen molar-refractivity contribution in [3.8, 4) is 22.6 Å². The Balaban J connectivity index is 1.96. The molecule has 0 aliphatic carbocycles. The van der Waals surface area contributed by atoms with Crippen LogP contribution in [0.3, 0.4) is 0 Å². The van der Waals surface area contributed by atoms with E-state index in [1.54, 1.807) is 14.2 Å². The van der Waals surface area contributed by atoms with E-state index in [0.29, 0.717) is 22.9 Å². The molecule has 0 heterocycles. The van der Waals surface area contributed by atoms with Crippen LogP contribution in [0.2, 0.25) is 0 Å². The van der Waals surface area contributed by atoms with Gasteiger partial charge in [0.1, 0.15) is 11.5 Å². The molecule has 0 aromatic heterocycles. The second kappa shape index (κ2) is 9.14. The van der Waals surface area contributed by atoms with Gasteiger partial charge in [-0.15, -0.1) is 0 Å². The molecule has 0 radical (unpaired) electrons. The molecule has 0 atom stereocenters. The fraction of sp³-hybridized carbons (Fsp3) is 0.200. The lowest BCUT2D eigenvalue weighted by atomic mass is 9.70. The van der Waals surface area contributed by atoms with E-state index in [4.69, 9.17) is 20.9 Å². The Labute approximate surface area is 202 Å². The first-order valence-corrected chi connectivity index (χ1v) is 11.3. The number of nitrogens with two attached hydrogens (primary N) is 2. The van der Waals surface area contributed by atoms with Gasteiger partial charge in [0.2, 0.25) is 0 Å². The zero-order valence-corrected chi connectivity index (χ0v) is 20.5. The van der Waals surface area contributed by atoms with Crippen LogP contribution in [0, 0.1) is 13.8 Å². The smallest absolute Gasteiger partial charge is 0.142 e. The normalized spacial score (nSPS) is 11.3. The summed E-state index contributed by atoms with van der Waals surface area (Å²) < 4.78 is 11.3. The summed E-state index contributed by atoms with van der Waals surface area (Å²) >= 11 is 0. The summed E-state index contributed by atoms with van der Waals surface area (Å²) in [4.78, 5) is 0. The molecule has 0 amide bonds. The minimum Gasteiger partial charge on any atom is -0.495 e. The van der Waals surface area contributed by atoms with Gasteiger partial charge in [-0.2, -0.15) is 0 Å². The summed E-state index contributed by atoms with van der Waals surface area (Å²) in [7, 11) is 3.30. The van der Waals surface area contributed by atoms with E-state index in [1.165, 1.54) is 11.1 Å². The molecule has 4 aromatic carbocycles. The number of nitrogen functional groups attached to an aromatic ring is 2. The fourth-order valence-electron chi connectivity index (χ4n) is 4.57. The molecule has 0 spiro atoms. The lowest BCUT2D eigenvalue weighted by Crippen LogP contribution is -2.26. The first-order valence-electron chi connectivity index (χ1n) is 11.3. The third-order valence-electron chi connectivity index (χ3n) is 6.86. The van der Waals surface area contributed by atoms with Gasteiger partial charge in [-0.3, -0.25) is 0 Å². The SMILES string of the molecule is COc1cc(C(C)(c2ccc(-c3ccccc3)cc2)c2cc(C)c(N)c(OC)c2)cc(C)c1N. The van der Waals surface area contributed by atoms with Crippen LogP contribution in [0.5, 0.6) is 11.5 Å². The van der Waals surface area contributed by atoms with Crippen molar-refractivity contribution in [3.05, 3.63) is 107 Å². The molecule has 0 bridgehead atoms. The Hall–Kier alpha value is -3.92. The van der Waals surface area contributed by atoms with Crippen molar-refractivity contribution >= 4 is 11.4 Å². The molecule has 174 valence electrons. The Morgan fingerprint density at radius 3 is 1.47 bits per heavy atom. The molecule has 34 heavy (non-hydrogen) atoms. The van der Waals surface area contributed by atoms with Gasteiger partial charge in [-0.1, -0.05) is 66.7 Å². The van der Waals surface area contributed by atoms with E-state index in [2.05, 4.69) is 67.6 Å². The van der Waals surface area contributed by atoms with E-state index in [9.17, 15) is 0 Å². The lowest BCUT2D eigenvalue weighted by molar-refractivity contribution is 0.414. The van der Waals surface area contributed by atoms with Crippen molar-refractivity contribution in [2.75, 3.05) is 25.7 Å². The second-order valence-electron chi connectivity index (χ2n) is 8.89. The molecular formula is C30H32N2O2. The van der Waals surface area contributed by atoms with Crippen LogP contribution < -0.4 is 20.9 Å². The van der Waals surface area contributed by atoms with Crippen LogP contribution in [0.1, 0.15) is 34.7 Å². The average Bonchev–Trinajstić information content (AvgIpc) is 2.87. The Kier molecular flexibility index (Phi) is 6.25. The van der Waals surface area contributed by atoms with E-state index < -0.39 is 5.41 Å². The highest BCUT2D eigenvalue weighted by molar-refractivity contribution is 5.68. The molecule has 0 aliphatic heterocycles. The minimum atomic E-state index is -0.507. The highest BCUT2D eigenvalue weighted by Gasteiger charge is 2.33. The molecule has 0 unspecified atom stereocenters. The molecule has 0 fully saturated rings. The molecule has 4 N–H and O–H groups in total. The monoisotopic (exact) mass is 452 g/mol. The maximum Gasteiger partial charge on any atom is 0.142 e. The summed E-state index contributed by atoms with van der Waals surface area (Å²) in [6.07, 6.45) is 0. The number of methoxy groups -OCH3 is 2. The van der Waals surface area contributed by atoms with Gasteiger partial charge in [0, 0.05) is 5.41 Å². The van der Waals surface area contributed by atoms with Crippen LogP contribution in [0.25, 0.3) is 11.1 Å². The molecule has 0 saturated heterocycles. The van der Waals surface area contributed by atoms with Crippen molar-refractivity contribution in [3.63, 3.8) is 0 Å². The van der Waals surface area contributed by atoms with Crippen molar-refractivity contribution in [1.29, 1.82) is 0 Å². The fourth-order valence-corrected chi connectivity index (χ4v) is 4.57. The molecular weight excluding hydrogens is 420 g/mol. The van der Waals surface area contributed by atoms with Crippen LogP contribution in [-0.2, 0) is 5.41 Å². The van der Waals surface area contributed by atoms with E-state index in [1.807, 2.05) is 32.0 Å². The van der Waals surface area contributed by atoms with Gasteiger partial charge in [0.15, 0.2) is 0 Å². The van der Waals surface area contributed by atoms with Crippen LogP contribution in [0.15, 0.2) is 78.9 Å². The molecule has 4 heteroatoms. The van der Waals surface area contributed by atoms with Gasteiger partial charge >= 0.3 is 0 Å². The first kappa shape index (κ1) is 23.2. The third kappa shape index (κ3) is 3.96. The maximum atomic E-state index is 6.30. The number of ether oxygens (including phenoxy) is 2. The van der Waals surface area contributed by atoms with Gasteiger partial charge in [0.05, 0.1) is 25.6 Å². The summed E-state index contributed by atoms with van der Waals surface area (Å²) in [5.74, 6) is 1.34. The highest BCUT2D eigenvalue weighted by Crippen LogP contribution is 2.45. The van der Waals surface area contributed by atoms with E-state index in [0.717, 1.165) is 27.8 Å². The maximum absolute atomic E-state index is 6.30. The van der Waals surface area contributed by atoms with Gasteiger partial charge in [-0.05, 0) is 71.8 Å². The third-order valence-corrected chi connectivity index (χ3v) is 6.86. The zero-order valence-electron chi connectivity index (χ0n) is 20.5. The van der Waals surface area contributed by atoms with Crippen LogP contribution in [0.4, 0.5) is 11.4 Å². The predicted octanol–water partition coefficient (Wildman–Crippen LogP) is 6.51. The average molecular weight is 453 g/mol. The molecule has 4 rings (SSSR count). The number of rotatable bonds is 6. The number of hydrogen-bond acceptors (Lipinski definition) is 4. The Morgan fingerprint density at radius 1 is 0.588 bits per heavy atom.